The molecule has 0 saturated heterocycles. The number of hydrogen-bond acceptors (Lipinski definition) is 1. The first-order valence-corrected chi connectivity index (χ1v) is 28.3. The average Bonchev–Trinajstić information content (AvgIpc) is 3.56. The maximum atomic E-state index is 15.4. The Morgan fingerprint density at radius 1 is 0.359 bits per heavy atom. The van der Waals surface area contributed by atoms with Gasteiger partial charge in [-0.2, -0.15) is 0 Å². The molecule has 78 heavy (non-hydrogen) atoms. The van der Waals surface area contributed by atoms with E-state index >= 15 is 35.1 Å². The van der Waals surface area contributed by atoms with Crippen LogP contribution in [0, 0.1) is 146 Å². The van der Waals surface area contributed by atoms with Gasteiger partial charge in [0.1, 0.15) is 52.7 Å². The second-order valence-electron chi connectivity index (χ2n) is 17.9. The second-order valence-corrected chi connectivity index (χ2v) is 23.9. The molecular formula is C53H51BF20OPRuSi. The third kappa shape index (κ3) is 14.2. The van der Waals surface area contributed by atoms with E-state index in [4.69, 9.17) is 4.74 Å². The van der Waals surface area contributed by atoms with Gasteiger partial charge in [0.25, 0.3) is 0 Å². The molecule has 5 aromatic carbocycles. The summed E-state index contributed by atoms with van der Waals surface area (Å²) in [5.74, 6) is -64.1. The minimum absolute atomic E-state index is 0.262. The van der Waals surface area contributed by atoms with Crippen LogP contribution in [0.5, 0.6) is 0 Å². The number of benzene rings is 5. The van der Waals surface area contributed by atoms with E-state index < -0.39 is 144 Å². The third-order valence-corrected chi connectivity index (χ3v) is 18.2. The summed E-state index contributed by atoms with van der Waals surface area (Å²) in [5.41, 5.74) is -11.6. The van der Waals surface area contributed by atoms with Crippen LogP contribution in [0.3, 0.4) is 0 Å². The Morgan fingerprint density at radius 2 is 0.538 bits per heavy atom. The van der Waals surface area contributed by atoms with Gasteiger partial charge in [-0.15, -0.1) is 21.9 Å². The molecule has 0 aromatic heterocycles. The van der Waals surface area contributed by atoms with E-state index in [0.29, 0.717) is 0 Å². The van der Waals surface area contributed by atoms with E-state index in [1.807, 2.05) is 19.9 Å². The molecule has 1 aliphatic carbocycles. The molecule has 0 unspecified atom stereocenters. The molecule has 0 aliphatic heterocycles. The van der Waals surface area contributed by atoms with Gasteiger partial charge in [0.2, 0.25) is 0 Å². The van der Waals surface area contributed by atoms with Crippen molar-refractivity contribution < 1.29 is 110 Å². The molecule has 25 heteroatoms. The summed E-state index contributed by atoms with van der Waals surface area (Å²) >= 11 is 2.64. The fourth-order valence-electron chi connectivity index (χ4n) is 8.77. The van der Waals surface area contributed by atoms with Crippen molar-refractivity contribution in [3.8, 4) is 0 Å². The fourth-order valence-corrected chi connectivity index (χ4v) is 13.5. The van der Waals surface area contributed by atoms with Crippen LogP contribution in [0.4, 0.5) is 87.8 Å². The molecular weight excluding hydrogens is 1200 g/mol. The van der Waals surface area contributed by atoms with Gasteiger partial charge in [0.15, 0.2) is 69.8 Å². The number of ether oxygens (including phenoxy) is 1. The second kappa shape index (κ2) is 29.6. The van der Waals surface area contributed by atoms with Gasteiger partial charge < -0.3 is 4.74 Å². The van der Waals surface area contributed by atoms with E-state index in [1.165, 1.54) is 34.8 Å². The summed E-state index contributed by atoms with van der Waals surface area (Å²) in [6.07, 6.45) is -7.22. The molecule has 1 fully saturated rings. The van der Waals surface area contributed by atoms with Crippen molar-refractivity contribution in [1.82, 2.24) is 0 Å². The van der Waals surface area contributed by atoms with Crippen LogP contribution >= 0.6 is 7.92 Å². The van der Waals surface area contributed by atoms with Gasteiger partial charge in [-0.1, -0.05) is 84.1 Å². The Bertz CT molecular complexity index is 2430. The predicted octanol–water partition coefficient (Wildman–Crippen LogP) is 14.0. The monoisotopic (exact) mass is 1260 g/mol. The zero-order valence-electron chi connectivity index (χ0n) is 43.9. The topological polar surface area (TPSA) is 9.23 Å². The molecule has 0 amide bonds. The summed E-state index contributed by atoms with van der Waals surface area (Å²) in [7, 11) is 1.12. The van der Waals surface area contributed by atoms with Gasteiger partial charge in [0, 0.05) is 13.2 Å². The molecule has 5 aromatic rings. The summed E-state index contributed by atoms with van der Waals surface area (Å²) < 4.78 is 299. The van der Waals surface area contributed by atoms with Gasteiger partial charge >= 0.3 is 59.9 Å². The standard InChI is InChI=1S/C24BF20.C10H15.C9H21P.C6H5Si.C4H10O.Ru/c26-5-1(6(27)14(35)21(42)13(5)34)25(2-7(28)15(36)22(43)16(37)8(2)29,3-9(30)17(38)23(44)18(39)10(3)31)4-11(32)19(40)24(45)20(41)12(4)33;1-6-7(2)9(4)10(5)8(6)3;1-7(2)10(8(3)4)9(5)6;7-6-4-2-1-3-5-6;1-3-5-4-2;/h;1-5H3;7-9H,1-6H3;1-5H;3-4H2,1-2H3;/q-1;;;;;+1. The molecule has 1 aliphatic rings. The van der Waals surface area contributed by atoms with Crippen molar-refractivity contribution >= 4 is 48.4 Å². The van der Waals surface area contributed by atoms with Crippen LogP contribution < -0.4 is 27.0 Å². The zero-order chi connectivity index (χ0) is 60.5. The fraction of sp³-hybridized carbons (Fsp3) is 0.340. The molecule has 1 saturated carbocycles. The molecule has 6 radical (unpaired) electrons. The van der Waals surface area contributed by atoms with Crippen molar-refractivity contribution in [2.75, 3.05) is 13.2 Å². The van der Waals surface area contributed by atoms with Crippen molar-refractivity contribution in [3.05, 3.63) is 176 Å². The molecule has 0 heterocycles. The van der Waals surface area contributed by atoms with Crippen molar-refractivity contribution in [2.45, 2.75) is 107 Å². The van der Waals surface area contributed by atoms with E-state index in [1.54, 1.807) is 0 Å². The van der Waals surface area contributed by atoms with E-state index in [9.17, 15) is 52.7 Å². The van der Waals surface area contributed by atoms with Crippen LogP contribution in [0.1, 0.15) is 90.0 Å². The molecule has 0 N–H and O–H groups in total. The summed E-state index contributed by atoms with van der Waals surface area (Å²) in [5, 5.41) is 1.41. The Balaban J connectivity index is 0.000000501. The van der Waals surface area contributed by atoms with Crippen LogP contribution in [0.25, 0.3) is 0 Å². The first kappa shape index (κ1) is 70.1. The predicted molar refractivity (Wildman–Crippen MR) is 260 cm³/mol. The molecule has 0 bridgehead atoms. The summed E-state index contributed by atoms with van der Waals surface area (Å²) in [4.78, 5) is 0. The van der Waals surface area contributed by atoms with Crippen molar-refractivity contribution in [2.24, 2.45) is 0 Å². The van der Waals surface area contributed by atoms with Crippen LogP contribution in [-0.2, 0) is 21.8 Å². The SMILES string of the molecule is CC(C)P(C(C)C)C(C)C.CCOCC.C[C]1[C](C)[C](C)[C](C)[C]1C.Fc1c(F)c(F)c([B-](c2c(F)c(F)c(F)c(F)c2F)(c2c(F)c(F)c(F)c(F)c2F)c2c(F)c(F)c(F)c(F)c2F)c(F)c1F.[Ru+]=[Si]c1ccccc1. The van der Waals surface area contributed by atoms with Crippen LogP contribution in [-0.4, -0.2) is 43.6 Å². The average molecular weight is 1250 g/mol. The summed E-state index contributed by atoms with van der Waals surface area (Å²) in [6, 6.07) is 10.4. The van der Waals surface area contributed by atoms with Gasteiger partial charge in [-0.05, 0) is 60.4 Å². The number of rotatable bonds is 10. The van der Waals surface area contributed by atoms with E-state index in [2.05, 4.69) is 118 Å². The van der Waals surface area contributed by atoms with E-state index in [0.717, 1.165) is 37.5 Å². The van der Waals surface area contributed by atoms with Gasteiger partial charge in [-0.25, -0.2) is 87.8 Å². The molecule has 0 spiro atoms. The number of hydrogen-bond donors (Lipinski definition) is 0. The maximum absolute atomic E-state index is 15.4. The van der Waals surface area contributed by atoms with Crippen LogP contribution in [0.2, 0.25) is 0 Å². The quantitative estimate of drug-likeness (QED) is 0.0445. The Kier molecular flexibility index (Phi) is 26.6. The molecule has 429 valence electrons. The Hall–Kier alpha value is -4.00. The molecule has 6 rings (SSSR count). The van der Waals surface area contributed by atoms with E-state index in [-0.39, 0.29) is 7.92 Å². The minimum atomic E-state index is -7.22. The van der Waals surface area contributed by atoms with Gasteiger partial charge in [-0.3, -0.25) is 0 Å². The summed E-state index contributed by atoms with van der Waals surface area (Å²) in [6.45, 7) is 30.8. The van der Waals surface area contributed by atoms with Gasteiger partial charge in [0.05, 0.1) is 0 Å². The Labute approximate surface area is 452 Å². The first-order valence-electron chi connectivity index (χ1n) is 23.3. The van der Waals surface area contributed by atoms with Crippen molar-refractivity contribution in [1.29, 1.82) is 0 Å². The third-order valence-electron chi connectivity index (χ3n) is 12.6. The molecule has 0 atom stereocenters. The zero-order valence-corrected chi connectivity index (χ0v) is 47.5. The van der Waals surface area contributed by atoms with Crippen LogP contribution in [0.15, 0.2) is 30.3 Å². The first-order chi connectivity index (χ1) is 36.1. The number of halogens is 20. The molecule has 1 nitrogen and oxygen atoms in total. The Morgan fingerprint density at radius 3 is 0.654 bits per heavy atom. The van der Waals surface area contributed by atoms with Crippen molar-refractivity contribution in [3.63, 3.8) is 0 Å². The normalized spacial score (nSPS) is 13.6.